The third-order valence-corrected chi connectivity index (χ3v) is 4.65. The van der Waals surface area contributed by atoms with Gasteiger partial charge in [-0.15, -0.1) is 0 Å². The topological polar surface area (TPSA) is 144 Å². The Labute approximate surface area is 198 Å². The number of hydrogen-bond acceptors (Lipinski definition) is 7. The Morgan fingerprint density at radius 3 is 1.59 bits per heavy atom. The summed E-state index contributed by atoms with van der Waals surface area (Å²) in [5.41, 5.74) is 0. The van der Waals surface area contributed by atoms with Crippen LogP contribution >= 0.6 is 0 Å². The van der Waals surface area contributed by atoms with Crippen LogP contribution in [0, 0.1) is 0 Å². The summed E-state index contributed by atoms with van der Waals surface area (Å²) in [6.07, 6.45) is 13.9. The maximum Gasteiger partial charge on any atom is 1.00 e. The predicted molar refractivity (Wildman–Crippen MR) is 106 cm³/mol. The number of carboxylic acids is 1. The molecule has 0 rings (SSSR count). The van der Waals surface area contributed by atoms with Crippen molar-refractivity contribution in [3.05, 3.63) is 0 Å². The summed E-state index contributed by atoms with van der Waals surface area (Å²) in [4.78, 5) is 10.1. The van der Waals surface area contributed by atoms with E-state index >= 15 is 0 Å². The van der Waals surface area contributed by atoms with E-state index in [4.69, 9.17) is 15.3 Å². The van der Waals surface area contributed by atoms with Crippen LogP contribution in [0.25, 0.3) is 0 Å². The minimum absolute atomic E-state index is 0. The monoisotopic (exact) mass is 450 g/mol. The number of carboxylic acid groups (broad SMARTS) is 1. The van der Waals surface area contributed by atoms with Gasteiger partial charge in [0, 0.05) is 6.42 Å². The first-order chi connectivity index (χ1) is 13.1. The molecule has 0 unspecified atom stereocenters. The van der Waals surface area contributed by atoms with Gasteiger partial charge in [-0.25, -0.2) is 13.2 Å². The van der Waals surface area contributed by atoms with Gasteiger partial charge in [-0.2, -0.15) is 0 Å². The third-order valence-electron chi connectivity index (χ3n) is 4.20. The van der Waals surface area contributed by atoms with Crippen molar-refractivity contribution in [2.24, 2.45) is 0 Å². The average molecular weight is 451 g/mol. The molecule has 8 nitrogen and oxygen atoms in total. The van der Waals surface area contributed by atoms with Crippen molar-refractivity contribution < 1.29 is 66.8 Å². The Morgan fingerprint density at radius 1 is 0.828 bits per heavy atom. The molecule has 0 aliphatic carbocycles. The number of aliphatic hydroxyl groups is 2. The van der Waals surface area contributed by atoms with Gasteiger partial charge in [0.25, 0.3) is 5.79 Å². The van der Waals surface area contributed by atoms with Crippen LogP contribution in [0.15, 0.2) is 0 Å². The Bertz CT molecular complexity index is 469. The van der Waals surface area contributed by atoms with E-state index in [1.807, 2.05) is 6.92 Å². The van der Waals surface area contributed by atoms with E-state index in [1.54, 1.807) is 0 Å². The Kier molecular flexibility index (Phi) is 25.1. The maximum absolute atomic E-state index is 10.1. The zero-order valence-corrected chi connectivity index (χ0v) is 21.2. The van der Waals surface area contributed by atoms with Gasteiger partial charge >= 0.3 is 35.5 Å². The van der Waals surface area contributed by atoms with E-state index in [0.717, 1.165) is 25.7 Å². The summed E-state index contributed by atoms with van der Waals surface area (Å²) in [7, 11) is -4.48. The van der Waals surface area contributed by atoms with Crippen LogP contribution in [0.5, 0.6) is 0 Å². The molecular weight excluding hydrogens is 411 g/mol. The smallest absolute Gasteiger partial charge is 0.726 e. The van der Waals surface area contributed by atoms with Gasteiger partial charge in [-0.1, -0.05) is 84.5 Å². The zero-order chi connectivity index (χ0) is 21.9. The number of rotatable bonds is 17. The summed E-state index contributed by atoms with van der Waals surface area (Å²) in [5.74, 6) is -4.11. The molecule has 0 spiro atoms. The molecule has 0 aromatic rings. The molecule has 0 heterocycles. The molecule has 0 fully saturated rings. The molecule has 29 heavy (non-hydrogen) atoms. The van der Waals surface area contributed by atoms with Crippen LogP contribution in [0.3, 0.4) is 0 Å². The standard InChI is InChI=1S/C12H26O4S.C7H14O4.Na/c1-2-3-4-5-6-7-8-9-10-11-12-16-17(13,14)15;1-2-3-4-5-7(10,11)6(8)9;/h2-12H2,1H3,(H,13,14,15);10-11H,2-5H2,1H3,(H,8,9);/q;;+1/p-1. The van der Waals surface area contributed by atoms with Crippen molar-refractivity contribution in [1.29, 1.82) is 0 Å². The molecule has 0 amide bonds. The van der Waals surface area contributed by atoms with E-state index in [-0.39, 0.29) is 42.6 Å². The molecule has 0 aromatic carbocycles. The van der Waals surface area contributed by atoms with Crippen LogP contribution in [0.2, 0.25) is 0 Å². The van der Waals surface area contributed by atoms with Crippen molar-refractivity contribution in [3.8, 4) is 0 Å². The second kappa shape index (κ2) is 21.5. The van der Waals surface area contributed by atoms with Gasteiger partial charge in [-0.05, 0) is 12.8 Å². The number of unbranched alkanes of at least 4 members (excludes halogenated alkanes) is 11. The van der Waals surface area contributed by atoms with Crippen molar-refractivity contribution in [2.45, 2.75) is 110 Å². The predicted octanol–water partition coefficient (Wildman–Crippen LogP) is 0.720. The zero-order valence-electron chi connectivity index (χ0n) is 18.4. The summed E-state index contributed by atoms with van der Waals surface area (Å²) >= 11 is 0. The SMILES string of the molecule is CCCCCC(O)(O)C(=O)O.CCCCCCCCCCCCOS(=O)(=O)[O-].[Na+]. The van der Waals surface area contributed by atoms with Crippen LogP contribution < -0.4 is 29.6 Å². The molecule has 170 valence electrons. The van der Waals surface area contributed by atoms with Crippen molar-refractivity contribution >= 4 is 16.4 Å². The first-order valence-corrected chi connectivity index (χ1v) is 11.7. The molecule has 3 N–H and O–H groups in total. The summed E-state index contributed by atoms with van der Waals surface area (Å²) < 4.78 is 34.5. The molecule has 10 heteroatoms. The van der Waals surface area contributed by atoms with Gasteiger partial charge in [0.15, 0.2) is 0 Å². The van der Waals surface area contributed by atoms with E-state index < -0.39 is 22.2 Å². The van der Waals surface area contributed by atoms with E-state index in [0.29, 0.717) is 12.8 Å². The normalized spacial score (nSPS) is 11.3. The first kappa shape index (κ1) is 33.9. The number of hydrogen-bond donors (Lipinski definition) is 3. The van der Waals surface area contributed by atoms with E-state index in [1.165, 1.54) is 44.9 Å². The Hall–Kier alpha value is 0.260. The molecule has 0 aliphatic heterocycles. The van der Waals surface area contributed by atoms with Crippen LogP contribution in [-0.4, -0.2) is 46.7 Å². The summed E-state index contributed by atoms with van der Waals surface area (Å²) in [5, 5.41) is 25.8. The fourth-order valence-electron chi connectivity index (χ4n) is 2.48. The van der Waals surface area contributed by atoms with Crippen LogP contribution in [-0.2, 0) is 19.4 Å². The van der Waals surface area contributed by atoms with Gasteiger partial charge in [0.1, 0.15) is 0 Å². The summed E-state index contributed by atoms with van der Waals surface area (Å²) in [6, 6.07) is 0. The molecule has 0 saturated carbocycles. The molecule has 0 aromatic heterocycles. The van der Waals surface area contributed by atoms with E-state index in [2.05, 4.69) is 11.1 Å². The fourth-order valence-corrected chi connectivity index (χ4v) is 2.80. The average Bonchev–Trinajstić information content (AvgIpc) is 2.59. The molecule has 0 atom stereocenters. The van der Waals surface area contributed by atoms with Crippen LogP contribution in [0.1, 0.15) is 104 Å². The second-order valence-corrected chi connectivity index (χ2v) is 8.04. The second-order valence-electron chi connectivity index (χ2n) is 6.99. The maximum atomic E-state index is 10.1. The van der Waals surface area contributed by atoms with Crippen molar-refractivity contribution in [2.75, 3.05) is 6.61 Å². The minimum Gasteiger partial charge on any atom is -0.726 e. The van der Waals surface area contributed by atoms with Gasteiger partial charge in [0.2, 0.25) is 10.4 Å². The van der Waals surface area contributed by atoms with Gasteiger partial charge < -0.3 is 19.9 Å². The minimum atomic E-state index is -4.48. The number of aliphatic carboxylic acids is 1. The first-order valence-electron chi connectivity index (χ1n) is 10.3. The Morgan fingerprint density at radius 2 is 1.21 bits per heavy atom. The summed E-state index contributed by atoms with van der Waals surface area (Å²) in [6.45, 7) is 4.20. The quantitative estimate of drug-likeness (QED) is 0.0967. The third kappa shape index (κ3) is 28.3. The van der Waals surface area contributed by atoms with Gasteiger partial charge in [-0.3, -0.25) is 4.18 Å². The number of carbonyl (C=O) groups is 1. The molecular formula is C19H39NaO8S. The molecule has 0 bridgehead atoms. The molecule has 0 saturated heterocycles. The largest absolute Gasteiger partial charge is 1.00 e. The van der Waals surface area contributed by atoms with Crippen molar-refractivity contribution in [1.82, 2.24) is 0 Å². The fraction of sp³-hybridized carbons (Fsp3) is 0.947. The van der Waals surface area contributed by atoms with Crippen molar-refractivity contribution in [3.63, 3.8) is 0 Å². The van der Waals surface area contributed by atoms with E-state index in [9.17, 15) is 17.8 Å². The molecule has 0 radical (unpaired) electrons. The van der Waals surface area contributed by atoms with Gasteiger partial charge in [0.05, 0.1) is 6.61 Å². The molecule has 0 aliphatic rings. The Balaban J connectivity index is -0.000000491. The van der Waals surface area contributed by atoms with Crippen LogP contribution in [0.4, 0.5) is 0 Å².